The van der Waals surface area contributed by atoms with Gasteiger partial charge in [-0.15, -0.1) is 0 Å². The molecule has 3 rings (SSSR count). The largest absolute Gasteiger partial charge is 0.416 e. The first-order valence-electron chi connectivity index (χ1n) is 8.35. The second kappa shape index (κ2) is 6.59. The summed E-state index contributed by atoms with van der Waals surface area (Å²) < 4.78 is 39.6. The third kappa shape index (κ3) is 3.49. The van der Waals surface area contributed by atoms with Gasteiger partial charge in [0.1, 0.15) is 11.6 Å². The number of rotatable bonds is 3. The lowest BCUT2D eigenvalue weighted by atomic mass is 9.97. The van der Waals surface area contributed by atoms with Crippen molar-refractivity contribution >= 4 is 16.7 Å². The third-order valence-corrected chi connectivity index (χ3v) is 4.46. The topological polar surface area (TPSA) is 37.8 Å². The maximum Gasteiger partial charge on any atom is 0.416 e. The number of hydrogen-bond acceptors (Lipinski definition) is 3. The Hall–Kier alpha value is -2.63. The van der Waals surface area contributed by atoms with E-state index in [0.29, 0.717) is 17.2 Å². The number of alkyl halides is 3. The van der Waals surface area contributed by atoms with Gasteiger partial charge in [-0.2, -0.15) is 13.2 Å². The van der Waals surface area contributed by atoms with Gasteiger partial charge in [-0.05, 0) is 57.0 Å². The molecule has 0 amide bonds. The summed E-state index contributed by atoms with van der Waals surface area (Å²) in [4.78, 5) is 8.89. The van der Waals surface area contributed by atoms with Crippen molar-refractivity contribution < 1.29 is 13.2 Å². The molecule has 0 aliphatic carbocycles. The fourth-order valence-electron chi connectivity index (χ4n) is 3.18. The van der Waals surface area contributed by atoms with Crippen LogP contribution < -0.4 is 5.32 Å². The Labute approximate surface area is 150 Å². The molecule has 3 aromatic rings. The van der Waals surface area contributed by atoms with Crippen LogP contribution in [0.25, 0.3) is 10.9 Å². The summed E-state index contributed by atoms with van der Waals surface area (Å²) in [6.45, 7) is 7.11. The summed E-state index contributed by atoms with van der Waals surface area (Å²) in [5, 5.41) is 4.12. The Morgan fingerprint density at radius 3 is 2.42 bits per heavy atom. The molecule has 136 valence electrons. The van der Waals surface area contributed by atoms with Crippen molar-refractivity contribution in [3.05, 3.63) is 64.5 Å². The molecule has 3 nitrogen and oxygen atoms in total. The number of anilines is 1. The van der Waals surface area contributed by atoms with Crippen LogP contribution in [0.15, 0.2) is 36.4 Å². The number of nitrogens with one attached hydrogen (secondary N) is 1. The average Bonchev–Trinajstić information content (AvgIpc) is 2.54. The van der Waals surface area contributed by atoms with Gasteiger partial charge in [0, 0.05) is 5.39 Å². The highest BCUT2D eigenvalue weighted by molar-refractivity contribution is 5.89. The Balaban J connectivity index is 2.03. The first-order chi connectivity index (χ1) is 12.2. The van der Waals surface area contributed by atoms with E-state index < -0.39 is 11.7 Å². The predicted octanol–water partition coefficient (Wildman–Crippen LogP) is 5.75. The van der Waals surface area contributed by atoms with Crippen molar-refractivity contribution in [1.29, 1.82) is 0 Å². The molecular formula is C20H20F3N3. The van der Waals surface area contributed by atoms with Gasteiger partial charge < -0.3 is 5.32 Å². The zero-order chi connectivity index (χ0) is 19.1. The van der Waals surface area contributed by atoms with Crippen LogP contribution in [0.5, 0.6) is 0 Å². The fraction of sp³-hybridized carbons (Fsp3) is 0.300. The molecule has 0 saturated heterocycles. The van der Waals surface area contributed by atoms with Crippen molar-refractivity contribution in [2.24, 2.45) is 0 Å². The Morgan fingerprint density at radius 1 is 1.00 bits per heavy atom. The lowest BCUT2D eigenvalue weighted by Crippen LogP contribution is -2.14. The molecule has 2 aromatic carbocycles. The molecule has 1 heterocycles. The fourth-order valence-corrected chi connectivity index (χ4v) is 3.18. The van der Waals surface area contributed by atoms with Gasteiger partial charge in [0.15, 0.2) is 0 Å². The standard InChI is InChI=1S/C20H20F3N3/c1-11-8-9-18-16(10-11)19(26-14(4)25-18)24-13(3)15-6-5-7-17(12(15)2)20(21,22)23/h5-10,13H,1-4H3,(H,24,25,26)/t13-/m1/s1. The molecule has 1 aromatic heterocycles. The molecule has 0 spiro atoms. The number of hydrogen-bond donors (Lipinski definition) is 1. The van der Waals surface area contributed by atoms with E-state index >= 15 is 0 Å². The summed E-state index contributed by atoms with van der Waals surface area (Å²) in [6, 6.07) is 9.79. The number of nitrogens with zero attached hydrogens (tertiary/aromatic N) is 2. The maximum absolute atomic E-state index is 13.2. The zero-order valence-corrected chi connectivity index (χ0v) is 15.1. The van der Waals surface area contributed by atoms with E-state index in [4.69, 9.17) is 0 Å². The summed E-state index contributed by atoms with van der Waals surface area (Å²) in [5.41, 5.74) is 2.08. The SMILES string of the molecule is Cc1ccc2nc(C)nc(N[C@H](C)c3cccc(C(F)(F)F)c3C)c2c1. The molecule has 0 aliphatic heterocycles. The van der Waals surface area contributed by atoms with Gasteiger partial charge >= 0.3 is 6.18 Å². The van der Waals surface area contributed by atoms with Crippen molar-refractivity contribution in [3.8, 4) is 0 Å². The van der Waals surface area contributed by atoms with Crippen LogP contribution in [0.1, 0.15) is 41.0 Å². The minimum absolute atomic E-state index is 0.228. The highest BCUT2D eigenvalue weighted by atomic mass is 19.4. The van der Waals surface area contributed by atoms with Crippen LogP contribution >= 0.6 is 0 Å². The molecule has 6 heteroatoms. The second-order valence-corrected chi connectivity index (χ2v) is 6.52. The van der Waals surface area contributed by atoms with E-state index in [9.17, 15) is 13.2 Å². The smallest absolute Gasteiger partial charge is 0.363 e. The molecule has 0 fully saturated rings. The van der Waals surface area contributed by atoms with Crippen LogP contribution in [-0.2, 0) is 6.18 Å². The van der Waals surface area contributed by atoms with Crippen LogP contribution in [0, 0.1) is 20.8 Å². The normalized spacial score (nSPS) is 13.0. The molecule has 1 atom stereocenters. The summed E-state index contributed by atoms with van der Waals surface area (Å²) in [5.74, 6) is 1.23. The van der Waals surface area contributed by atoms with Gasteiger partial charge in [0.2, 0.25) is 0 Å². The summed E-state index contributed by atoms with van der Waals surface area (Å²) in [7, 11) is 0. The van der Waals surface area contributed by atoms with Crippen LogP contribution in [-0.4, -0.2) is 9.97 Å². The number of benzene rings is 2. The molecule has 0 bridgehead atoms. The van der Waals surface area contributed by atoms with Crippen molar-refractivity contribution in [1.82, 2.24) is 9.97 Å². The summed E-state index contributed by atoms with van der Waals surface area (Å²) >= 11 is 0. The monoisotopic (exact) mass is 359 g/mol. The van der Waals surface area contributed by atoms with Crippen LogP contribution in [0.3, 0.4) is 0 Å². The Morgan fingerprint density at radius 2 is 1.73 bits per heavy atom. The average molecular weight is 359 g/mol. The molecule has 0 radical (unpaired) electrons. The second-order valence-electron chi connectivity index (χ2n) is 6.52. The lowest BCUT2D eigenvalue weighted by molar-refractivity contribution is -0.138. The first-order valence-corrected chi connectivity index (χ1v) is 8.35. The molecule has 1 N–H and O–H groups in total. The molecule has 0 unspecified atom stereocenters. The van der Waals surface area contributed by atoms with Gasteiger partial charge in [0.05, 0.1) is 17.1 Å². The van der Waals surface area contributed by atoms with E-state index in [1.807, 2.05) is 32.0 Å². The third-order valence-electron chi connectivity index (χ3n) is 4.46. The van der Waals surface area contributed by atoms with Gasteiger partial charge in [0.25, 0.3) is 0 Å². The predicted molar refractivity (Wildman–Crippen MR) is 97.2 cm³/mol. The van der Waals surface area contributed by atoms with Crippen molar-refractivity contribution in [2.75, 3.05) is 5.32 Å². The number of halogens is 3. The molecule has 0 aliphatic rings. The molecule has 26 heavy (non-hydrogen) atoms. The van der Waals surface area contributed by atoms with E-state index in [2.05, 4.69) is 15.3 Å². The number of fused-ring (bicyclic) bond motifs is 1. The molecular weight excluding hydrogens is 339 g/mol. The van der Waals surface area contributed by atoms with Gasteiger partial charge in [-0.1, -0.05) is 23.8 Å². The van der Waals surface area contributed by atoms with Crippen LogP contribution in [0.2, 0.25) is 0 Å². The van der Waals surface area contributed by atoms with Crippen molar-refractivity contribution in [3.63, 3.8) is 0 Å². The zero-order valence-electron chi connectivity index (χ0n) is 15.1. The van der Waals surface area contributed by atoms with E-state index in [1.54, 1.807) is 13.0 Å². The minimum Gasteiger partial charge on any atom is -0.363 e. The molecule has 0 saturated carbocycles. The number of aryl methyl sites for hydroxylation is 2. The Kier molecular flexibility index (Phi) is 4.61. The highest BCUT2D eigenvalue weighted by Gasteiger charge is 2.33. The first kappa shape index (κ1) is 18.2. The number of aromatic nitrogens is 2. The minimum atomic E-state index is -4.37. The van der Waals surface area contributed by atoms with Crippen LogP contribution in [0.4, 0.5) is 19.0 Å². The maximum atomic E-state index is 13.2. The Bertz CT molecular complexity index is 964. The van der Waals surface area contributed by atoms with Crippen molar-refractivity contribution in [2.45, 2.75) is 39.9 Å². The van der Waals surface area contributed by atoms with E-state index in [0.717, 1.165) is 22.5 Å². The quantitative estimate of drug-likeness (QED) is 0.647. The van der Waals surface area contributed by atoms with E-state index in [-0.39, 0.29) is 11.6 Å². The van der Waals surface area contributed by atoms with Gasteiger partial charge in [-0.25, -0.2) is 9.97 Å². The van der Waals surface area contributed by atoms with Gasteiger partial charge in [-0.3, -0.25) is 0 Å². The van der Waals surface area contributed by atoms with E-state index in [1.165, 1.54) is 13.0 Å². The lowest BCUT2D eigenvalue weighted by Gasteiger charge is -2.21. The highest BCUT2D eigenvalue weighted by Crippen LogP contribution is 2.35. The summed E-state index contributed by atoms with van der Waals surface area (Å²) in [6.07, 6.45) is -4.37.